The Morgan fingerprint density at radius 1 is 1.16 bits per heavy atom. The number of aromatic nitrogens is 2. The number of furan rings is 1. The zero-order valence-electron chi connectivity index (χ0n) is 17.1. The molecule has 2 aromatic carbocycles. The minimum absolute atomic E-state index is 0.0592. The molecule has 0 aliphatic carbocycles. The maximum absolute atomic E-state index is 12.6. The van der Waals surface area contributed by atoms with E-state index in [0.29, 0.717) is 28.6 Å². The summed E-state index contributed by atoms with van der Waals surface area (Å²) >= 11 is 0. The van der Waals surface area contributed by atoms with Crippen LogP contribution in [-0.4, -0.2) is 23.2 Å². The Morgan fingerprint density at radius 3 is 2.78 bits per heavy atom. The van der Waals surface area contributed by atoms with E-state index in [0.717, 1.165) is 11.3 Å². The van der Waals surface area contributed by atoms with E-state index in [-0.39, 0.29) is 18.9 Å². The number of hydrogen-bond donors (Lipinski definition) is 1. The quantitative estimate of drug-likeness (QED) is 0.449. The summed E-state index contributed by atoms with van der Waals surface area (Å²) in [7, 11) is 1.59. The molecule has 32 heavy (non-hydrogen) atoms. The lowest BCUT2D eigenvalue weighted by atomic mass is 10.2. The van der Waals surface area contributed by atoms with E-state index in [2.05, 4.69) is 21.5 Å². The van der Waals surface area contributed by atoms with E-state index in [4.69, 9.17) is 23.7 Å². The number of nitrogens with zero attached hydrogens (tertiary/aromatic N) is 3. The summed E-state index contributed by atoms with van der Waals surface area (Å²) in [5.41, 5.74) is 1.79. The van der Waals surface area contributed by atoms with E-state index in [1.165, 1.54) is 6.26 Å². The molecule has 0 saturated heterocycles. The van der Waals surface area contributed by atoms with Crippen LogP contribution in [0.4, 0.5) is 0 Å². The molecule has 0 atom stereocenters. The second kappa shape index (κ2) is 9.49. The molecule has 2 aromatic heterocycles. The Labute approximate surface area is 183 Å². The monoisotopic (exact) mass is 430 g/mol. The third-order valence-corrected chi connectivity index (χ3v) is 4.52. The van der Waals surface area contributed by atoms with Crippen LogP contribution in [0.2, 0.25) is 0 Å². The summed E-state index contributed by atoms with van der Waals surface area (Å²) in [6, 6.07) is 17.6. The molecule has 0 saturated carbocycles. The fraction of sp³-hybridized carbons (Fsp3) is 0.130. The SMILES string of the molecule is COc1ccc(-c2nc(CNC(=O)c3occc3COc3cccc(C#N)c3)no2)cc1. The first-order chi connectivity index (χ1) is 15.7. The maximum atomic E-state index is 12.6. The standard InChI is InChI=1S/C23H18N4O5/c1-29-18-7-5-16(6-8-18)23-26-20(27-32-23)13-25-22(28)21-17(9-10-30-21)14-31-19-4-2-3-15(11-19)12-24/h2-11H,13-14H2,1H3,(H,25,28). The van der Waals surface area contributed by atoms with Crippen LogP contribution in [0.15, 0.2) is 69.8 Å². The van der Waals surface area contributed by atoms with Gasteiger partial charge in [-0.05, 0) is 48.5 Å². The first-order valence-electron chi connectivity index (χ1n) is 9.61. The number of methoxy groups -OCH3 is 1. The van der Waals surface area contributed by atoms with E-state index in [9.17, 15) is 4.79 Å². The van der Waals surface area contributed by atoms with E-state index in [1.54, 1.807) is 61.7 Å². The third kappa shape index (κ3) is 4.76. The van der Waals surface area contributed by atoms with Gasteiger partial charge in [0, 0.05) is 11.1 Å². The van der Waals surface area contributed by atoms with Crippen LogP contribution in [0.3, 0.4) is 0 Å². The predicted molar refractivity (Wildman–Crippen MR) is 112 cm³/mol. The van der Waals surface area contributed by atoms with Gasteiger partial charge in [0.05, 0.1) is 31.6 Å². The summed E-state index contributed by atoms with van der Waals surface area (Å²) in [5, 5.41) is 15.6. The van der Waals surface area contributed by atoms with Crippen molar-refractivity contribution in [3.8, 4) is 29.0 Å². The molecular weight excluding hydrogens is 412 g/mol. The number of benzene rings is 2. The molecule has 0 spiro atoms. The topological polar surface area (TPSA) is 123 Å². The Hall–Kier alpha value is -4.58. The smallest absolute Gasteiger partial charge is 0.287 e. The number of amides is 1. The van der Waals surface area contributed by atoms with Gasteiger partial charge in [0.2, 0.25) is 0 Å². The largest absolute Gasteiger partial charge is 0.497 e. The maximum Gasteiger partial charge on any atom is 0.287 e. The second-order valence-corrected chi connectivity index (χ2v) is 6.63. The zero-order chi connectivity index (χ0) is 22.3. The first-order valence-corrected chi connectivity index (χ1v) is 9.61. The minimum Gasteiger partial charge on any atom is -0.497 e. The fourth-order valence-electron chi connectivity index (χ4n) is 2.88. The molecule has 4 rings (SSSR count). The summed E-state index contributed by atoms with van der Waals surface area (Å²) in [5.74, 6) is 1.59. The van der Waals surface area contributed by atoms with Gasteiger partial charge in [0.25, 0.3) is 11.8 Å². The number of nitrogens with one attached hydrogen (secondary N) is 1. The Balaban J connectivity index is 1.35. The van der Waals surface area contributed by atoms with Crippen molar-refractivity contribution in [2.75, 3.05) is 7.11 Å². The lowest BCUT2D eigenvalue weighted by molar-refractivity contribution is 0.0918. The molecule has 0 aliphatic rings. The van der Waals surface area contributed by atoms with E-state index >= 15 is 0 Å². The summed E-state index contributed by atoms with van der Waals surface area (Å²) in [6.45, 7) is 0.168. The van der Waals surface area contributed by atoms with E-state index in [1.807, 2.05) is 0 Å². The minimum atomic E-state index is -0.435. The normalized spacial score (nSPS) is 10.4. The van der Waals surface area contributed by atoms with Gasteiger partial charge in [-0.3, -0.25) is 4.79 Å². The van der Waals surface area contributed by atoms with Gasteiger partial charge in [0.15, 0.2) is 11.6 Å². The van der Waals surface area contributed by atoms with Crippen molar-refractivity contribution in [2.24, 2.45) is 0 Å². The van der Waals surface area contributed by atoms with Gasteiger partial charge < -0.3 is 23.7 Å². The van der Waals surface area contributed by atoms with Gasteiger partial charge in [-0.25, -0.2) is 0 Å². The molecule has 9 nitrogen and oxygen atoms in total. The Bertz CT molecular complexity index is 1250. The van der Waals surface area contributed by atoms with Crippen LogP contribution in [0.25, 0.3) is 11.5 Å². The van der Waals surface area contributed by atoms with Gasteiger partial charge in [-0.2, -0.15) is 10.2 Å². The molecule has 9 heteroatoms. The number of nitriles is 1. The molecule has 0 radical (unpaired) electrons. The lowest BCUT2D eigenvalue weighted by Gasteiger charge is -2.07. The van der Waals surface area contributed by atoms with Crippen molar-refractivity contribution in [3.05, 3.63) is 83.6 Å². The van der Waals surface area contributed by atoms with Gasteiger partial charge in [-0.15, -0.1) is 0 Å². The van der Waals surface area contributed by atoms with Crippen molar-refractivity contribution < 1.29 is 23.2 Å². The number of carbonyl (C=O) groups is 1. The van der Waals surface area contributed by atoms with Crippen LogP contribution >= 0.6 is 0 Å². The van der Waals surface area contributed by atoms with Gasteiger partial charge in [0.1, 0.15) is 18.1 Å². The highest BCUT2D eigenvalue weighted by atomic mass is 16.5. The van der Waals surface area contributed by atoms with Crippen molar-refractivity contribution in [1.82, 2.24) is 15.5 Å². The molecule has 4 aromatic rings. The zero-order valence-corrected chi connectivity index (χ0v) is 17.1. The van der Waals surface area contributed by atoms with Crippen LogP contribution in [0, 0.1) is 11.3 Å². The van der Waals surface area contributed by atoms with Crippen molar-refractivity contribution >= 4 is 5.91 Å². The fourth-order valence-corrected chi connectivity index (χ4v) is 2.88. The number of rotatable bonds is 8. The average Bonchev–Trinajstić information content (AvgIpc) is 3.51. The van der Waals surface area contributed by atoms with E-state index < -0.39 is 5.91 Å². The number of ether oxygens (including phenoxy) is 2. The van der Waals surface area contributed by atoms with Crippen LogP contribution in [-0.2, 0) is 13.2 Å². The number of hydrogen-bond acceptors (Lipinski definition) is 8. The molecular formula is C23H18N4O5. The molecule has 0 aliphatic heterocycles. The molecule has 160 valence electrons. The first kappa shape index (κ1) is 20.7. The van der Waals surface area contributed by atoms with Crippen LogP contribution < -0.4 is 14.8 Å². The Morgan fingerprint density at radius 2 is 2.00 bits per heavy atom. The lowest BCUT2D eigenvalue weighted by Crippen LogP contribution is -2.24. The molecule has 0 bridgehead atoms. The van der Waals surface area contributed by atoms with Crippen LogP contribution in [0.5, 0.6) is 11.5 Å². The van der Waals surface area contributed by atoms with Gasteiger partial charge in [-0.1, -0.05) is 11.2 Å². The molecule has 2 heterocycles. The molecule has 1 N–H and O–H groups in total. The highest BCUT2D eigenvalue weighted by Gasteiger charge is 2.17. The molecule has 1 amide bonds. The summed E-state index contributed by atoms with van der Waals surface area (Å²) in [6.07, 6.45) is 1.41. The molecule has 0 unspecified atom stereocenters. The highest BCUT2D eigenvalue weighted by molar-refractivity contribution is 5.92. The second-order valence-electron chi connectivity index (χ2n) is 6.63. The highest BCUT2D eigenvalue weighted by Crippen LogP contribution is 2.21. The van der Waals surface area contributed by atoms with Gasteiger partial charge >= 0.3 is 0 Å². The van der Waals surface area contributed by atoms with Crippen molar-refractivity contribution in [3.63, 3.8) is 0 Å². The summed E-state index contributed by atoms with van der Waals surface area (Å²) in [4.78, 5) is 16.8. The van der Waals surface area contributed by atoms with Crippen molar-refractivity contribution in [1.29, 1.82) is 5.26 Å². The predicted octanol–water partition coefficient (Wildman–Crippen LogP) is 3.72. The average molecular weight is 430 g/mol. The number of carbonyl (C=O) groups excluding carboxylic acids is 1. The van der Waals surface area contributed by atoms with Crippen LogP contribution in [0.1, 0.15) is 27.5 Å². The molecule has 0 fully saturated rings. The third-order valence-electron chi connectivity index (χ3n) is 4.52. The Kier molecular flexibility index (Phi) is 6.13. The van der Waals surface area contributed by atoms with Crippen molar-refractivity contribution in [2.45, 2.75) is 13.2 Å². The summed E-state index contributed by atoms with van der Waals surface area (Å²) < 4.78 is 21.4.